The maximum atomic E-state index is 9.01. The fraction of sp³-hybridized carbons (Fsp3) is 0.600. The van der Waals surface area contributed by atoms with Crippen LogP contribution in [0, 0.1) is 19.8 Å². The molecule has 0 bridgehead atoms. The highest BCUT2D eigenvalue weighted by Gasteiger charge is 2.20. The third-order valence-corrected chi connectivity index (χ3v) is 3.87. The lowest BCUT2D eigenvalue weighted by Crippen LogP contribution is -2.32. The van der Waals surface area contributed by atoms with Gasteiger partial charge in [-0.05, 0) is 38.7 Å². The van der Waals surface area contributed by atoms with E-state index in [1.54, 1.807) is 0 Å². The number of nitrogens with two attached hydrogens (primary N) is 1. The van der Waals surface area contributed by atoms with E-state index in [4.69, 9.17) is 15.7 Å². The molecule has 0 amide bonds. The number of anilines is 1. The van der Waals surface area contributed by atoms with Crippen LogP contribution in [-0.2, 0) is 4.74 Å². The monoisotopic (exact) mass is 292 g/mol. The van der Waals surface area contributed by atoms with E-state index in [0.29, 0.717) is 11.5 Å². The van der Waals surface area contributed by atoms with Gasteiger partial charge in [0.1, 0.15) is 0 Å². The Morgan fingerprint density at radius 3 is 2.95 bits per heavy atom. The summed E-state index contributed by atoms with van der Waals surface area (Å²) < 4.78 is 5.54. The van der Waals surface area contributed by atoms with Crippen LogP contribution in [0.2, 0.25) is 0 Å². The smallest absolute Gasteiger partial charge is 0.174 e. The van der Waals surface area contributed by atoms with E-state index in [-0.39, 0.29) is 5.84 Å². The molecule has 1 unspecified atom stereocenters. The normalized spacial score (nSPS) is 19.6. The number of aromatic nitrogens is 1. The number of amidine groups is 1. The van der Waals surface area contributed by atoms with Gasteiger partial charge in [0.15, 0.2) is 5.84 Å². The minimum atomic E-state index is 0.0988. The Balaban J connectivity index is 2.28. The van der Waals surface area contributed by atoms with Crippen LogP contribution in [0.25, 0.3) is 0 Å². The van der Waals surface area contributed by atoms with Crippen molar-refractivity contribution in [3.8, 4) is 0 Å². The molecule has 1 atom stereocenters. The molecule has 1 fully saturated rings. The number of oxime groups is 1. The summed E-state index contributed by atoms with van der Waals surface area (Å²) in [7, 11) is 2.02. The zero-order chi connectivity index (χ0) is 15.4. The van der Waals surface area contributed by atoms with Gasteiger partial charge in [-0.3, -0.25) is 4.98 Å². The molecular formula is C15H24N4O2. The van der Waals surface area contributed by atoms with Gasteiger partial charge in [0, 0.05) is 25.9 Å². The van der Waals surface area contributed by atoms with Gasteiger partial charge in [-0.2, -0.15) is 0 Å². The van der Waals surface area contributed by atoms with E-state index in [1.165, 1.54) is 6.42 Å². The predicted octanol–water partition coefficient (Wildman–Crippen LogP) is 1.66. The predicted molar refractivity (Wildman–Crippen MR) is 83.0 cm³/mol. The number of rotatable bonds is 4. The lowest BCUT2D eigenvalue weighted by atomic mass is 10.0. The number of hydrogen-bond donors (Lipinski definition) is 2. The van der Waals surface area contributed by atoms with Gasteiger partial charge in [0.05, 0.1) is 23.6 Å². The van der Waals surface area contributed by atoms with Gasteiger partial charge in [-0.15, -0.1) is 0 Å². The third-order valence-electron chi connectivity index (χ3n) is 3.87. The molecule has 3 N–H and O–H groups in total. The van der Waals surface area contributed by atoms with Crippen molar-refractivity contribution in [2.45, 2.75) is 26.7 Å². The first-order chi connectivity index (χ1) is 10.0. The number of pyridine rings is 1. The molecule has 1 aliphatic rings. The Kier molecular flexibility index (Phi) is 5.01. The van der Waals surface area contributed by atoms with Crippen molar-refractivity contribution in [1.29, 1.82) is 0 Å². The second-order valence-electron chi connectivity index (χ2n) is 5.69. The first kappa shape index (κ1) is 15.6. The van der Waals surface area contributed by atoms with E-state index in [9.17, 15) is 0 Å². The lowest BCUT2D eigenvalue weighted by molar-refractivity contribution is 0.0576. The molecule has 1 aliphatic heterocycles. The summed E-state index contributed by atoms with van der Waals surface area (Å²) in [4.78, 5) is 6.56. The first-order valence-electron chi connectivity index (χ1n) is 7.28. The van der Waals surface area contributed by atoms with Crippen molar-refractivity contribution in [2.24, 2.45) is 16.8 Å². The van der Waals surface area contributed by atoms with Crippen molar-refractivity contribution in [2.75, 3.05) is 31.7 Å². The number of hydrogen-bond acceptors (Lipinski definition) is 5. The van der Waals surface area contributed by atoms with Crippen LogP contribution >= 0.6 is 0 Å². The van der Waals surface area contributed by atoms with Gasteiger partial charge < -0.3 is 20.6 Å². The zero-order valence-electron chi connectivity index (χ0n) is 13.0. The van der Waals surface area contributed by atoms with E-state index in [0.717, 1.165) is 43.3 Å². The highest BCUT2D eigenvalue weighted by molar-refractivity contribution is 6.03. The Bertz CT molecular complexity index is 525. The molecule has 0 saturated carbocycles. The highest BCUT2D eigenvalue weighted by Crippen LogP contribution is 2.25. The quantitative estimate of drug-likeness (QED) is 0.381. The second-order valence-corrected chi connectivity index (χ2v) is 5.69. The Morgan fingerprint density at radius 1 is 1.57 bits per heavy atom. The summed E-state index contributed by atoms with van der Waals surface area (Å²) in [6.07, 6.45) is 2.28. The van der Waals surface area contributed by atoms with Crippen molar-refractivity contribution in [3.05, 3.63) is 23.0 Å². The molecule has 0 aromatic carbocycles. The van der Waals surface area contributed by atoms with Gasteiger partial charge >= 0.3 is 0 Å². The Labute approximate surface area is 125 Å². The number of ether oxygens (including phenoxy) is 1. The van der Waals surface area contributed by atoms with Gasteiger partial charge in [-0.25, -0.2) is 0 Å². The average Bonchev–Trinajstić information content (AvgIpc) is 2.46. The van der Waals surface area contributed by atoms with Crippen molar-refractivity contribution in [1.82, 2.24) is 4.98 Å². The molecule has 0 spiro atoms. The largest absolute Gasteiger partial charge is 0.409 e. The topological polar surface area (TPSA) is 84.0 Å². The molecule has 116 valence electrons. The zero-order valence-corrected chi connectivity index (χ0v) is 13.0. The maximum Gasteiger partial charge on any atom is 0.174 e. The lowest BCUT2D eigenvalue weighted by Gasteiger charge is -2.30. The van der Waals surface area contributed by atoms with E-state index >= 15 is 0 Å². The van der Waals surface area contributed by atoms with E-state index < -0.39 is 0 Å². The maximum absolute atomic E-state index is 9.01. The molecule has 1 aromatic heterocycles. The standard InChI is InChI=1S/C15H24N4O2/c1-10-7-13(14(11(2)17-10)15(16)18-20)19(3)8-12-5-4-6-21-9-12/h7,12,20H,4-6,8-9H2,1-3H3,(H2,16,18). The molecule has 21 heavy (non-hydrogen) atoms. The van der Waals surface area contributed by atoms with Crippen molar-refractivity contribution in [3.63, 3.8) is 0 Å². The SMILES string of the molecule is Cc1cc(N(C)CC2CCCOC2)c(/C(N)=N/O)c(C)n1. The van der Waals surface area contributed by atoms with Crippen LogP contribution < -0.4 is 10.6 Å². The van der Waals surface area contributed by atoms with Crippen LogP contribution in [0.15, 0.2) is 11.2 Å². The number of nitrogens with zero attached hydrogens (tertiary/aromatic N) is 3. The third kappa shape index (κ3) is 3.64. The molecule has 1 aromatic rings. The summed E-state index contributed by atoms with van der Waals surface area (Å²) in [5, 5.41) is 12.1. The van der Waals surface area contributed by atoms with E-state index in [2.05, 4.69) is 15.0 Å². The van der Waals surface area contributed by atoms with Crippen molar-refractivity contribution < 1.29 is 9.94 Å². The highest BCUT2D eigenvalue weighted by atomic mass is 16.5. The van der Waals surface area contributed by atoms with Gasteiger partial charge in [0.25, 0.3) is 0 Å². The molecular weight excluding hydrogens is 268 g/mol. The molecule has 2 heterocycles. The van der Waals surface area contributed by atoms with Crippen molar-refractivity contribution >= 4 is 11.5 Å². The average molecular weight is 292 g/mol. The van der Waals surface area contributed by atoms with Crippen LogP contribution in [0.1, 0.15) is 29.8 Å². The molecule has 2 rings (SSSR count). The summed E-state index contributed by atoms with van der Waals surface area (Å²) in [5.41, 5.74) is 9.16. The minimum Gasteiger partial charge on any atom is -0.409 e. The summed E-state index contributed by atoms with van der Waals surface area (Å²) >= 11 is 0. The minimum absolute atomic E-state index is 0.0988. The fourth-order valence-electron chi connectivity index (χ4n) is 2.91. The molecule has 6 heteroatoms. The second kappa shape index (κ2) is 6.76. The Morgan fingerprint density at radius 2 is 2.33 bits per heavy atom. The fourth-order valence-corrected chi connectivity index (χ4v) is 2.91. The molecule has 0 radical (unpaired) electrons. The summed E-state index contributed by atoms with van der Waals surface area (Å²) in [6, 6.07) is 1.98. The van der Waals surface area contributed by atoms with Gasteiger partial charge in [0.2, 0.25) is 0 Å². The molecule has 0 aliphatic carbocycles. The molecule has 6 nitrogen and oxygen atoms in total. The van der Waals surface area contributed by atoms with Crippen LogP contribution in [0.5, 0.6) is 0 Å². The molecule has 1 saturated heterocycles. The van der Waals surface area contributed by atoms with E-state index in [1.807, 2.05) is 27.0 Å². The van der Waals surface area contributed by atoms with Crippen LogP contribution in [0.4, 0.5) is 5.69 Å². The van der Waals surface area contributed by atoms with Crippen LogP contribution in [-0.4, -0.2) is 42.8 Å². The summed E-state index contributed by atoms with van der Waals surface area (Å²) in [6.45, 7) is 6.37. The van der Waals surface area contributed by atoms with Gasteiger partial charge in [-0.1, -0.05) is 5.16 Å². The first-order valence-corrected chi connectivity index (χ1v) is 7.28. The Hall–Kier alpha value is -1.82. The number of aryl methyl sites for hydroxylation is 2. The summed E-state index contributed by atoms with van der Waals surface area (Å²) in [5.74, 6) is 0.611. The van der Waals surface area contributed by atoms with Crippen LogP contribution in [0.3, 0.4) is 0 Å².